The van der Waals surface area contributed by atoms with Crippen molar-refractivity contribution in [2.75, 3.05) is 39.3 Å². The molecule has 9 heteroatoms. The monoisotopic (exact) mass is 374 g/mol. The van der Waals surface area contributed by atoms with Crippen LogP contribution in [0.25, 0.3) is 0 Å². The first-order valence-corrected chi connectivity index (χ1v) is 9.63. The van der Waals surface area contributed by atoms with Crippen molar-refractivity contribution in [1.82, 2.24) is 14.0 Å². The van der Waals surface area contributed by atoms with E-state index in [2.05, 4.69) is 10.6 Å². The zero-order chi connectivity index (χ0) is 13.4. The maximum absolute atomic E-state index is 12.8. The Morgan fingerprint density at radius 1 is 0.850 bits per heavy atom. The third-order valence-corrected chi connectivity index (χ3v) is 6.62. The molecule has 1 heterocycles. The van der Waals surface area contributed by atoms with Crippen molar-refractivity contribution in [1.29, 1.82) is 0 Å². The van der Waals surface area contributed by atoms with Crippen molar-refractivity contribution in [2.24, 2.45) is 0 Å². The van der Waals surface area contributed by atoms with Gasteiger partial charge in [0.25, 0.3) is 0 Å². The van der Waals surface area contributed by atoms with Crippen LogP contribution < -0.4 is 10.6 Å². The molecule has 1 rings (SSSR count). The van der Waals surface area contributed by atoms with Crippen LogP contribution in [0, 0.1) is 0 Å². The Morgan fingerprint density at radius 2 is 1.25 bits per heavy atom. The first-order chi connectivity index (χ1) is 8.52. The van der Waals surface area contributed by atoms with Gasteiger partial charge in [-0.15, -0.1) is 24.8 Å². The minimum absolute atomic E-state index is 0. The van der Waals surface area contributed by atoms with Crippen molar-refractivity contribution < 1.29 is 31.3 Å². The van der Waals surface area contributed by atoms with Crippen molar-refractivity contribution >= 4 is 24.8 Å². The predicted octanol–water partition coefficient (Wildman–Crippen LogP) is 2.60. The first kappa shape index (κ1) is 23.2. The third-order valence-electron chi connectivity index (χ3n) is 3.15. The molecule has 1 aliphatic rings. The van der Waals surface area contributed by atoms with Gasteiger partial charge >= 0.3 is 114 Å². The molecule has 0 spiro atoms. The number of hydrogen-bond acceptors (Lipinski definition) is 3. The molecule has 0 aliphatic carbocycles. The number of hydrogen-bond donors (Lipinski definition) is 2. The van der Waals surface area contributed by atoms with Crippen LogP contribution in [0.1, 0.15) is 19.3 Å². The van der Waals surface area contributed by atoms with Gasteiger partial charge in [-0.2, -0.15) is 0 Å². The summed E-state index contributed by atoms with van der Waals surface area (Å²) in [6.45, 7) is 4.69. The SMILES string of the molecule is Cl.Cl.[CH3][Ti]([N]1CCCNCCCNCCC1)[C](F)(F)F. The van der Waals surface area contributed by atoms with Crippen molar-refractivity contribution in [3.05, 3.63) is 0 Å². The van der Waals surface area contributed by atoms with Crippen molar-refractivity contribution in [3.8, 4) is 0 Å². The van der Waals surface area contributed by atoms with Crippen molar-refractivity contribution in [2.45, 2.75) is 29.0 Å². The Labute approximate surface area is 138 Å². The molecule has 0 bridgehead atoms. The number of nitrogens with zero attached hydrogens (tertiary/aromatic N) is 1. The first-order valence-electron chi connectivity index (χ1n) is 6.59. The quantitative estimate of drug-likeness (QED) is 0.691. The fraction of sp³-hybridized carbons (Fsp3) is 1.00. The van der Waals surface area contributed by atoms with Crippen LogP contribution in [-0.4, -0.2) is 47.1 Å². The average Bonchev–Trinajstić information content (AvgIpc) is 2.28. The van der Waals surface area contributed by atoms with Crippen LogP contribution in [0.3, 0.4) is 0 Å². The maximum atomic E-state index is 12.8. The van der Waals surface area contributed by atoms with E-state index in [1.807, 2.05) is 0 Å². The molecule has 0 unspecified atom stereocenters. The zero-order valence-electron chi connectivity index (χ0n) is 11.8. The van der Waals surface area contributed by atoms with E-state index in [9.17, 15) is 13.2 Å². The molecule has 0 amide bonds. The summed E-state index contributed by atoms with van der Waals surface area (Å²) < 4.78 is 36.1. The number of alkyl halides is 3. The molecule has 1 aliphatic heterocycles. The molecule has 0 aromatic carbocycles. The number of rotatable bonds is 1. The van der Waals surface area contributed by atoms with Gasteiger partial charge in [-0.1, -0.05) is 0 Å². The molecule has 2 N–H and O–H groups in total. The summed E-state index contributed by atoms with van der Waals surface area (Å²) in [7, 11) is 0. The normalized spacial score (nSPS) is 19.8. The molecule has 1 fully saturated rings. The van der Waals surface area contributed by atoms with Crippen LogP contribution in [0.5, 0.6) is 0 Å². The zero-order valence-corrected chi connectivity index (χ0v) is 15.0. The second kappa shape index (κ2) is 12.5. The summed E-state index contributed by atoms with van der Waals surface area (Å²) in [6, 6.07) is 0. The van der Waals surface area contributed by atoms with E-state index in [0.717, 1.165) is 45.4 Å². The summed E-state index contributed by atoms with van der Waals surface area (Å²) in [5, 5.41) is 7.97. The molecule has 0 atom stereocenters. The van der Waals surface area contributed by atoms with E-state index in [0.29, 0.717) is 13.1 Å². The van der Waals surface area contributed by atoms with Gasteiger partial charge in [0.15, 0.2) is 0 Å². The summed E-state index contributed by atoms with van der Waals surface area (Å²) in [5.41, 5.74) is 0. The molecule has 0 saturated carbocycles. The van der Waals surface area contributed by atoms with Gasteiger partial charge in [0.05, 0.1) is 0 Å². The number of halogens is 5. The Hall–Kier alpha value is 0.964. The fourth-order valence-corrected chi connectivity index (χ4v) is 4.11. The van der Waals surface area contributed by atoms with E-state index < -0.39 is 22.6 Å². The van der Waals surface area contributed by atoms with Gasteiger partial charge in [-0.3, -0.25) is 0 Å². The summed E-state index contributed by atoms with van der Waals surface area (Å²) in [4.78, 5) is 0. The summed E-state index contributed by atoms with van der Waals surface area (Å²) in [5.74, 6) is 0. The van der Waals surface area contributed by atoms with Crippen LogP contribution in [0.2, 0.25) is 5.23 Å². The van der Waals surface area contributed by atoms with Crippen LogP contribution in [-0.2, 0) is 18.1 Å². The predicted molar refractivity (Wildman–Crippen MR) is 77.6 cm³/mol. The second-order valence-corrected chi connectivity index (χ2v) is 8.33. The van der Waals surface area contributed by atoms with E-state index in [1.165, 1.54) is 5.23 Å². The number of nitrogens with one attached hydrogen (secondary N) is 2. The third kappa shape index (κ3) is 9.82. The Bertz CT molecular complexity index is 223. The standard InChI is InChI=1S/C9H20N3.CF3.CH3.2ClH.Ti/c1-4-10-6-2-8-12-9-3-7-11-5-1;2-1(3)4;;;;/h10-11H,1-9H2;;1H3;2*1H;/q-1;;;;;+1. The molecule has 1 saturated heterocycles. The molecular weight excluding hydrogens is 350 g/mol. The van der Waals surface area contributed by atoms with Crippen LogP contribution in [0.15, 0.2) is 0 Å². The van der Waals surface area contributed by atoms with Gasteiger partial charge in [0.2, 0.25) is 0 Å². The molecular formula is C11H25Cl2F3N3Ti. The molecule has 0 radical (unpaired) electrons. The molecule has 20 heavy (non-hydrogen) atoms. The van der Waals surface area contributed by atoms with E-state index in [1.54, 1.807) is 3.38 Å². The molecule has 0 aromatic rings. The molecule has 3 nitrogen and oxygen atoms in total. The molecule has 0 aromatic heterocycles. The fourth-order valence-electron chi connectivity index (χ4n) is 2.00. The second-order valence-electron chi connectivity index (χ2n) is 4.63. The van der Waals surface area contributed by atoms with E-state index in [-0.39, 0.29) is 24.8 Å². The van der Waals surface area contributed by atoms with Crippen LogP contribution in [0.4, 0.5) is 13.2 Å². The van der Waals surface area contributed by atoms with Crippen LogP contribution >= 0.6 is 24.8 Å². The van der Waals surface area contributed by atoms with E-state index >= 15 is 0 Å². The topological polar surface area (TPSA) is 27.3 Å². The van der Waals surface area contributed by atoms with E-state index in [4.69, 9.17) is 0 Å². The molecule has 123 valence electrons. The van der Waals surface area contributed by atoms with Gasteiger partial charge in [0.1, 0.15) is 0 Å². The van der Waals surface area contributed by atoms with Gasteiger partial charge in [-0.25, -0.2) is 0 Å². The Morgan fingerprint density at radius 3 is 1.65 bits per heavy atom. The Kier molecular flexibility index (Phi) is 14.5. The average molecular weight is 375 g/mol. The minimum atomic E-state index is -3.96. The van der Waals surface area contributed by atoms with Gasteiger partial charge < -0.3 is 0 Å². The van der Waals surface area contributed by atoms with Crippen molar-refractivity contribution in [3.63, 3.8) is 0 Å². The Balaban J connectivity index is 0. The van der Waals surface area contributed by atoms with Gasteiger partial charge in [0, 0.05) is 0 Å². The van der Waals surface area contributed by atoms with Gasteiger partial charge in [-0.05, 0) is 0 Å². The summed E-state index contributed by atoms with van der Waals surface area (Å²) >= 11 is -3.10. The summed E-state index contributed by atoms with van der Waals surface area (Å²) in [6.07, 6.45) is 2.71.